The van der Waals surface area contributed by atoms with E-state index in [9.17, 15) is 4.79 Å². The fourth-order valence-corrected chi connectivity index (χ4v) is 0.979. The molecular weight excluding hydrogens is 152 g/mol. The summed E-state index contributed by atoms with van der Waals surface area (Å²) in [5, 5.41) is 0. The Kier molecular flexibility index (Phi) is 2.76. The van der Waals surface area contributed by atoms with Crippen molar-refractivity contribution in [1.82, 2.24) is 0 Å². The number of hydrogen-bond donors (Lipinski definition) is 0. The number of hydrogen-bond acceptors (Lipinski definition) is 2. The zero-order chi connectivity index (χ0) is 9.19. The standard InChI is InChI=1S/C10H18O2/c1-10(2,3)6-9(11)12-7-8-4-5-8/h8H,4-7H2,1-3H3. The molecule has 70 valence electrons. The minimum atomic E-state index is -0.0469. The number of carbonyl (C=O) groups is 1. The molecule has 12 heavy (non-hydrogen) atoms. The Hall–Kier alpha value is -0.530. The maximum absolute atomic E-state index is 11.2. The zero-order valence-corrected chi connectivity index (χ0v) is 8.22. The summed E-state index contributed by atoms with van der Waals surface area (Å²) in [6, 6.07) is 0. The monoisotopic (exact) mass is 170 g/mol. The highest BCUT2D eigenvalue weighted by Gasteiger charge is 2.24. The molecule has 0 bridgehead atoms. The molecule has 0 unspecified atom stereocenters. The van der Waals surface area contributed by atoms with Crippen molar-refractivity contribution in [3.05, 3.63) is 0 Å². The Morgan fingerprint density at radius 1 is 1.42 bits per heavy atom. The van der Waals surface area contributed by atoms with Gasteiger partial charge in [-0.15, -0.1) is 0 Å². The molecule has 0 aromatic heterocycles. The first-order chi connectivity index (χ1) is 5.47. The van der Waals surface area contributed by atoms with Crippen molar-refractivity contribution in [1.29, 1.82) is 0 Å². The third kappa shape index (κ3) is 4.37. The van der Waals surface area contributed by atoms with E-state index in [0.29, 0.717) is 18.9 Å². The zero-order valence-electron chi connectivity index (χ0n) is 8.22. The van der Waals surface area contributed by atoms with Gasteiger partial charge in [-0.25, -0.2) is 0 Å². The average Bonchev–Trinajstić information content (AvgIpc) is 2.61. The van der Waals surface area contributed by atoms with E-state index in [0.717, 1.165) is 0 Å². The van der Waals surface area contributed by atoms with Gasteiger partial charge in [0.2, 0.25) is 0 Å². The van der Waals surface area contributed by atoms with Crippen LogP contribution in [0.5, 0.6) is 0 Å². The van der Waals surface area contributed by atoms with E-state index in [1.807, 2.05) is 20.8 Å². The van der Waals surface area contributed by atoms with Crippen LogP contribution < -0.4 is 0 Å². The maximum Gasteiger partial charge on any atom is 0.306 e. The van der Waals surface area contributed by atoms with E-state index < -0.39 is 0 Å². The largest absolute Gasteiger partial charge is 0.465 e. The Labute approximate surface area is 74.3 Å². The van der Waals surface area contributed by atoms with Crippen LogP contribution in [0.1, 0.15) is 40.0 Å². The van der Waals surface area contributed by atoms with Gasteiger partial charge in [0, 0.05) is 0 Å². The normalized spacial score (nSPS) is 17.6. The summed E-state index contributed by atoms with van der Waals surface area (Å²) in [6.07, 6.45) is 3.01. The second-order valence-electron chi connectivity index (χ2n) is 4.86. The highest BCUT2D eigenvalue weighted by molar-refractivity contribution is 5.70. The predicted molar refractivity (Wildman–Crippen MR) is 47.8 cm³/mol. The topological polar surface area (TPSA) is 26.3 Å². The van der Waals surface area contributed by atoms with Gasteiger partial charge in [0.05, 0.1) is 13.0 Å². The lowest BCUT2D eigenvalue weighted by molar-refractivity contribution is -0.146. The highest BCUT2D eigenvalue weighted by atomic mass is 16.5. The van der Waals surface area contributed by atoms with Gasteiger partial charge in [0.25, 0.3) is 0 Å². The van der Waals surface area contributed by atoms with Crippen LogP contribution in [0.3, 0.4) is 0 Å². The van der Waals surface area contributed by atoms with Crippen molar-refractivity contribution < 1.29 is 9.53 Å². The lowest BCUT2D eigenvalue weighted by atomic mass is 9.92. The Morgan fingerprint density at radius 2 is 2.00 bits per heavy atom. The van der Waals surface area contributed by atoms with Gasteiger partial charge in [-0.2, -0.15) is 0 Å². The van der Waals surface area contributed by atoms with Gasteiger partial charge in [-0.3, -0.25) is 4.79 Å². The third-order valence-corrected chi connectivity index (χ3v) is 1.85. The van der Waals surface area contributed by atoms with Crippen LogP contribution in [0.2, 0.25) is 0 Å². The van der Waals surface area contributed by atoms with Gasteiger partial charge in [0.1, 0.15) is 0 Å². The first-order valence-electron chi connectivity index (χ1n) is 4.63. The first kappa shape index (κ1) is 9.56. The van der Waals surface area contributed by atoms with Crippen molar-refractivity contribution in [3.63, 3.8) is 0 Å². The molecule has 0 radical (unpaired) electrons. The summed E-state index contributed by atoms with van der Waals surface area (Å²) in [5.74, 6) is 0.628. The van der Waals surface area contributed by atoms with Crippen molar-refractivity contribution in [2.24, 2.45) is 11.3 Å². The molecule has 2 heteroatoms. The Bertz CT molecular complexity index is 163. The molecule has 0 aromatic carbocycles. The predicted octanol–water partition coefficient (Wildman–Crippen LogP) is 2.38. The van der Waals surface area contributed by atoms with E-state index in [-0.39, 0.29) is 11.4 Å². The molecule has 0 spiro atoms. The molecule has 1 rings (SSSR count). The molecule has 1 fully saturated rings. The van der Waals surface area contributed by atoms with Crippen LogP contribution in [-0.2, 0) is 9.53 Å². The Balaban J connectivity index is 2.10. The smallest absolute Gasteiger partial charge is 0.306 e. The first-order valence-corrected chi connectivity index (χ1v) is 4.63. The van der Waals surface area contributed by atoms with Gasteiger partial charge in [-0.05, 0) is 24.2 Å². The van der Waals surface area contributed by atoms with Crippen LogP contribution in [0, 0.1) is 11.3 Å². The summed E-state index contributed by atoms with van der Waals surface area (Å²) in [5.41, 5.74) is 0.0562. The summed E-state index contributed by atoms with van der Waals surface area (Å²) >= 11 is 0. The van der Waals surface area contributed by atoms with Crippen molar-refractivity contribution in [2.45, 2.75) is 40.0 Å². The van der Waals surface area contributed by atoms with Crippen LogP contribution in [0.4, 0.5) is 0 Å². The van der Waals surface area contributed by atoms with Crippen LogP contribution in [0.25, 0.3) is 0 Å². The number of rotatable bonds is 3. The molecule has 0 aromatic rings. The Morgan fingerprint density at radius 3 is 2.42 bits per heavy atom. The van der Waals surface area contributed by atoms with E-state index in [1.165, 1.54) is 12.8 Å². The van der Waals surface area contributed by atoms with E-state index in [2.05, 4.69) is 0 Å². The lowest BCUT2D eigenvalue weighted by Gasteiger charge is -2.16. The summed E-state index contributed by atoms with van der Waals surface area (Å²) in [6.45, 7) is 6.79. The van der Waals surface area contributed by atoms with Gasteiger partial charge in [-0.1, -0.05) is 20.8 Å². The van der Waals surface area contributed by atoms with Crippen LogP contribution in [0.15, 0.2) is 0 Å². The van der Waals surface area contributed by atoms with Crippen molar-refractivity contribution in [3.8, 4) is 0 Å². The average molecular weight is 170 g/mol. The van der Waals surface area contributed by atoms with Gasteiger partial charge >= 0.3 is 5.97 Å². The van der Waals surface area contributed by atoms with Gasteiger partial charge < -0.3 is 4.74 Å². The fraction of sp³-hybridized carbons (Fsp3) is 0.900. The maximum atomic E-state index is 11.2. The minimum Gasteiger partial charge on any atom is -0.465 e. The SMILES string of the molecule is CC(C)(C)CC(=O)OCC1CC1. The second kappa shape index (κ2) is 3.46. The van der Waals surface area contributed by atoms with E-state index >= 15 is 0 Å². The van der Waals surface area contributed by atoms with E-state index in [4.69, 9.17) is 4.74 Å². The molecule has 1 aliphatic carbocycles. The fourth-order valence-electron chi connectivity index (χ4n) is 0.979. The number of ether oxygens (including phenoxy) is 1. The molecule has 0 aliphatic heterocycles. The number of carbonyl (C=O) groups excluding carboxylic acids is 1. The molecule has 0 saturated heterocycles. The van der Waals surface area contributed by atoms with Crippen molar-refractivity contribution >= 4 is 5.97 Å². The van der Waals surface area contributed by atoms with Crippen LogP contribution in [-0.4, -0.2) is 12.6 Å². The van der Waals surface area contributed by atoms with Crippen molar-refractivity contribution in [2.75, 3.05) is 6.61 Å². The third-order valence-electron chi connectivity index (χ3n) is 1.85. The van der Waals surface area contributed by atoms with E-state index in [1.54, 1.807) is 0 Å². The number of esters is 1. The highest BCUT2D eigenvalue weighted by Crippen LogP contribution is 2.29. The van der Waals surface area contributed by atoms with Crippen LogP contribution >= 0.6 is 0 Å². The second-order valence-corrected chi connectivity index (χ2v) is 4.86. The minimum absolute atomic E-state index is 0.0469. The molecule has 2 nitrogen and oxygen atoms in total. The summed E-state index contributed by atoms with van der Waals surface area (Å²) < 4.78 is 5.10. The van der Waals surface area contributed by atoms with Gasteiger partial charge in [0.15, 0.2) is 0 Å². The summed E-state index contributed by atoms with van der Waals surface area (Å²) in [7, 11) is 0. The molecule has 0 heterocycles. The lowest BCUT2D eigenvalue weighted by Crippen LogP contribution is -2.16. The molecular formula is C10H18O2. The molecule has 0 amide bonds. The quantitative estimate of drug-likeness (QED) is 0.608. The molecule has 1 aliphatic rings. The molecule has 1 saturated carbocycles. The summed E-state index contributed by atoms with van der Waals surface area (Å²) in [4.78, 5) is 11.2. The molecule has 0 N–H and O–H groups in total. The molecule has 0 atom stereocenters.